The largest absolute Gasteiger partial charge is 0.336 e. The van der Waals surface area contributed by atoms with Crippen molar-refractivity contribution in [2.75, 3.05) is 43.9 Å². The lowest BCUT2D eigenvalue weighted by atomic mass is 9.87. The number of rotatable bonds is 3. The molecule has 3 amide bonds. The van der Waals surface area contributed by atoms with E-state index in [0.717, 1.165) is 31.9 Å². The quantitative estimate of drug-likeness (QED) is 0.827. The molecular formula is C23H30N4O2. The van der Waals surface area contributed by atoms with Crippen LogP contribution in [0.2, 0.25) is 0 Å². The van der Waals surface area contributed by atoms with Crippen LogP contribution >= 0.6 is 0 Å². The predicted octanol–water partition coefficient (Wildman–Crippen LogP) is 4.02. The van der Waals surface area contributed by atoms with Gasteiger partial charge in [0.15, 0.2) is 0 Å². The summed E-state index contributed by atoms with van der Waals surface area (Å²) < 4.78 is 0. The van der Waals surface area contributed by atoms with Crippen LogP contribution < -0.4 is 10.6 Å². The van der Waals surface area contributed by atoms with Crippen LogP contribution in [0.3, 0.4) is 0 Å². The minimum absolute atomic E-state index is 0.0000674. The Morgan fingerprint density at radius 1 is 0.862 bits per heavy atom. The second-order valence-electron chi connectivity index (χ2n) is 8.58. The van der Waals surface area contributed by atoms with Crippen molar-refractivity contribution >= 4 is 23.3 Å². The van der Waals surface area contributed by atoms with E-state index in [2.05, 4.69) is 43.4 Å². The van der Waals surface area contributed by atoms with Crippen LogP contribution in [0.25, 0.3) is 0 Å². The summed E-state index contributed by atoms with van der Waals surface area (Å²) >= 11 is 0. The van der Waals surface area contributed by atoms with Crippen molar-refractivity contribution in [1.82, 2.24) is 9.80 Å². The Bertz CT molecular complexity index is 863. The van der Waals surface area contributed by atoms with E-state index in [1.807, 2.05) is 29.2 Å². The SMILES string of the molecule is CN1CCN(C(=O)c2cccc(NC(=O)Nc3ccc(C(C)(C)C)cc3)c2)CC1. The molecule has 2 aromatic carbocycles. The van der Waals surface area contributed by atoms with Crippen molar-refractivity contribution in [1.29, 1.82) is 0 Å². The first kappa shape index (κ1) is 20.9. The Balaban J connectivity index is 1.61. The summed E-state index contributed by atoms with van der Waals surface area (Å²) in [6.45, 7) is 9.64. The Labute approximate surface area is 172 Å². The van der Waals surface area contributed by atoms with Crippen molar-refractivity contribution in [2.24, 2.45) is 0 Å². The average molecular weight is 395 g/mol. The topological polar surface area (TPSA) is 64.7 Å². The smallest absolute Gasteiger partial charge is 0.323 e. The fourth-order valence-electron chi connectivity index (χ4n) is 3.27. The zero-order chi connectivity index (χ0) is 21.0. The third-order valence-electron chi connectivity index (χ3n) is 5.17. The van der Waals surface area contributed by atoms with Crippen LogP contribution in [0.15, 0.2) is 48.5 Å². The molecule has 1 aliphatic rings. The number of hydrogen-bond donors (Lipinski definition) is 2. The van der Waals surface area contributed by atoms with E-state index in [9.17, 15) is 9.59 Å². The van der Waals surface area contributed by atoms with Gasteiger partial charge in [-0.05, 0) is 48.4 Å². The van der Waals surface area contributed by atoms with Crippen LogP contribution in [0.5, 0.6) is 0 Å². The number of nitrogens with one attached hydrogen (secondary N) is 2. The first-order chi connectivity index (χ1) is 13.7. The average Bonchev–Trinajstić information content (AvgIpc) is 2.68. The maximum Gasteiger partial charge on any atom is 0.323 e. The molecule has 0 spiro atoms. The Morgan fingerprint density at radius 2 is 1.48 bits per heavy atom. The lowest BCUT2D eigenvalue weighted by Gasteiger charge is -2.32. The van der Waals surface area contributed by atoms with E-state index >= 15 is 0 Å². The highest BCUT2D eigenvalue weighted by atomic mass is 16.2. The van der Waals surface area contributed by atoms with Crippen molar-refractivity contribution in [2.45, 2.75) is 26.2 Å². The number of hydrogen-bond acceptors (Lipinski definition) is 3. The molecule has 0 unspecified atom stereocenters. The van der Waals surface area contributed by atoms with E-state index in [1.54, 1.807) is 24.3 Å². The molecule has 6 heteroatoms. The minimum atomic E-state index is -0.335. The van der Waals surface area contributed by atoms with Gasteiger partial charge in [-0.2, -0.15) is 0 Å². The van der Waals surface area contributed by atoms with E-state index in [0.29, 0.717) is 11.3 Å². The highest BCUT2D eigenvalue weighted by Crippen LogP contribution is 2.23. The molecule has 0 radical (unpaired) electrons. The van der Waals surface area contributed by atoms with E-state index in [-0.39, 0.29) is 17.4 Å². The molecule has 154 valence electrons. The van der Waals surface area contributed by atoms with Gasteiger partial charge in [0, 0.05) is 43.1 Å². The molecule has 1 heterocycles. The normalized spacial score (nSPS) is 15.1. The van der Waals surface area contributed by atoms with Gasteiger partial charge in [-0.3, -0.25) is 4.79 Å². The molecule has 2 N–H and O–H groups in total. The molecule has 0 bridgehead atoms. The van der Waals surface area contributed by atoms with Gasteiger partial charge in [0.1, 0.15) is 0 Å². The molecule has 6 nitrogen and oxygen atoms in total. The predicted molar refractivity (Wildman–Crippen MR) is 118 cm³/mol. The Morgan fingerprint density at radius 3 is 2.10 bits per heavy atom. The minimum Gasteiger partial charge on any atom is -0.336 e. The maximum atomic E-state index is 12.7. The van der Waals surface area contributed by atoms with Crippen LogP contribution in [0.4, 0.5) is 16.2 Å². The molecule has 0 saturated carbocycles. The fraction of sp³-hybridized carbons (Fsp3) is 0.391. The van der Waals surface area contributed by atoms with E-state index in [1.165, 1.54) is 5.56 Å². The third-order valence-corrected chi connectivity index (χ3v) is 5.17. The van der Waals surface area contributed by atoms with Gasteiger partial charge in [0.25, 0.3) is 5.91 Å². The molecule has 1 aliphatic heterocycles. The molecule has 29 heavy (non-hydrogen) atoms. The standard InChI is InChI=1S/C23H30N4O2/c1-23(2,3)18-8-10-19(11-9-18)24-22(29)25-20-7-5-6-17(16-20)21(28)27-14-12-26(4)13-15-27/h5-11,16H,12-15H2,1-4H3,(H2,24,25,29). The van der Waals surface area contributed by atoms with Gasteiger partial charge in [-0.1, -0.05) is 39.0 Å². The number of likely N-dealkylation sites (N-methyl/N-ethyl adjacent to an activating group) is 1. The summed E-state index contributed by atoms with van der Waals surface area (Å²) in [5, 5.41) is 5.65. The van der Waals surface area contributed by atoms with Crippen molar-refractivity contribution in [3.8, 4) is 0 Å². The summed E-state index contributed by atoms with van der Waals surface area (Å²) in [4.78, 5) is 29.2. The van der Waals surface area contributed by atoms with Crippen LogP contribution in [-0.2, 0) is 5.41 Å². The summed E-state index contributed by atoms with van der Waals surface area (Å²) in [5.41, 5.74) is 3.17. The van der Waals surface area contributed by atoms with Crippen molar-refractivity contribution in [3.05, 3.63) is 59.7 Å². The molecule has 3 rings (SSSR count). The highest BCUT2D eigenvalue weighted by molar-refractivity contribution is 6.01. The Kier molecular flexibility index (Phi) is 6.23. The summed E-state index contributed by atoms with van der Waals surface area (Å²) in [7, 11) is 2.06. The first-order valence-electron chi connectivity index (χ1n) is 9.99. The molecule has 0 aromatic heterocycles. The lowest BCUT2D eigenvalue weighted by molar-refractivity contribution is 0.0664. The van der Waals surface area contributed by atoms with Crippen molar-refractivity contribution < 1.29 is 9.59 Å². The number of benzene rings is 2. The molecule has 1 saturated heterocycles. The van der Waals surface area contributed by atoms with Crippen LogP contribution in [0, 0.1) is 0 Å². The van der Waals surface area contributed by atoms with Gasteiger partial charge in [0.05, 0.1) is 0 Å². The first-order valence-corrected chi connectivity index (χ1v) is 9.99. The maximum absolute atomic E-state index is 12.7. The number of anilines is 2. The molecule has 0 aliphatic carbocycles. The second kappa shape index (κ2) is 8.66. The Hall–Kier alpha value is -2.86. The van der Waals surface area contributed by atoms with Crippen LogP contribution in [0.1, 0.15) is 36.7 Å². The molecule has 0 atom stereocenters. The lowest BCUT2D eigenvalue weighted by Crippen LogP contribution is -2.47. The van der Waals surface area contributed by atoms with Crippen LogP contribution in [-0.4, -0.2) is 55.0 Å². The van der Waals surface area contributed by atoms with Gasteiger partial charge in [-0.25, -0.2) is 4.79 Å². The third kappa shape index (κ3) is 5.57. The molecule has 1 fully saturated rings. The molecular weight excluding hydrogens is 364 g/mol. The van der Waals surface area contributed by atoms with Gasteiger partial charge >= 0.3 is 6.03 Å². The second-order valence-corrected chi connectivity index (χ2v) is 8.58. The number of carbonyl (C=O) groups excluding carboxylic acids is 2. The number of piperazine rings is 1. The number of amides is 3. The fourth-order valence-corrected chi connectivity index (χ4v) is 3.27. The van der Waals surface area contributed by atoms with E-state index in [4.69, 9.17) is 0 Å². The zero-order valence-corrected chi connectivity index (χ0v) is 17.7. The number of urea groups is 1. The number of carbonyl (C=O) groups is 2. The zero-order valence-electron chi connectivity index (χ0n) is 17.7. The summed E-state index contributed by atoms with van der Waals surface area (Å²) in [6.07, 6.45) is 0. The van der Waals surface area contributed by atoms with Gasteiger partial charge in [0.2, 0.25) is 0 Å². The summed E-state index contributed by atoms with van der Waals surface area (Å²) in [5.74, 6) is -0.0000674. The highest BCUT2D eigenvalue weighted by Gasteiger charge is 2.20. The summed E-state index contributed by atoms with van der Waals surface area (Å²) in [6, 6.07) is 14.6. The van der Waals surface area contributed by atoms with Gasteiger partial charge < -0.3 is 20.4 Å². The number of nitrogens with zero attached hydrogens (tertiary/aromatic N) is 2. The monoisotopic (exact) mass is 394 g/mol. The van der Waals surface area contributed by atoms with Gasteiger partial charge in [-0.15, -0.1) is 0 Å². The van der Waals surface area contributed by atoms with E-state index < -0.39 is 0 Å². The van der Waals surface area contributed by atoms with Crippen molar-refractivity contribution in [3.63, 3.8) is 0 Å². The molecule has 2 aromatic rings.